The summed E-state index contributed by atoms with van der Waals surface area (Å²) in [6.07, 6.45) is 5.24. The van der Waals surface area contributed by atoms with E-state index in [9.17, 15) is 0 Å². The molecule has 1 atom stereocenters. The van der Waals surface area contributed by atoms with E-state index in [-0.39, 0.29) is 0 Å². The van der Waals surface area contributed by atoms with E-state index in [1.807, 2.05) is 0 Å². The maximum Gasteiger partial charge on any atom is 0.169 e. The van der Waals surface area contributed by atoms with Crippen molar-refractivity contribution in [1.29, 1.82) is 0 Å². The Morgan fingerprint density at radius 1 is 1.38 bits per heavy atom. The lowest BCUT2D eigenvalue weighted by Crippen LogP contribution is -2.46. The molecule has 0 aromatic heterocycles. The minimum Gasteiger partial charge on any atom is -0.361 e. The van der Waals surface area contributed by atoms with E-state index < -0.39 is 0 Å². The molecule has 1 aliphatic rings. The van der Waals surface area contributed by atoms with Crippen LogP contribution in [0.2, 0.25) is 0 Å². The van der Waals surface area contributed by atoms with E-state index >= 15 is 0 Å². The highest BCUT2D eigenvalue weighted by Gasteiger charge is 2.18. The van der Waals surface area contributed by atoms with Gasteiger partial charge in [0.15, 0.2) is 5.11 Å². The molecule has 1 saturated heterocycles. The molecule has 0 aromatic carbocycles. The molecule has 3 nitrogen and oxygen atoms in total. The van der Waals surface area contributed by atoms with Gasteiger partial charge in [-0.3, -0.25) is 0 Å². The van der Waals surface area contributed by atoms with Crippen LogP contribution >= 0.6 is 12.2 Å². The highest BCUT2D eigenvalue weighted by molar-refractivity contribution is 7.80. The molecular formula is C12H25N3S. The van der Waals surface area contributed by atoms with Gasteiger partial charge in [-0.15, -0.1) is 0 Å². The van der Waals surface area contributed by atoms with E-state index in [1.54, 1.807) is 0 Å². The zero-order chi connectivity index (χ0) is 12.0. The summed E-state index contributed by atoms with van der Waals surface area (Å²) in [7, 11) is 4.17. The van der Waals surface area contributed by atoms with Gasteiger partial charge >= 0.3 is 0 Å². The van der Waals surface area contributed by atoms with Crippen LogP contribution in [0.25, 0.3) is 0 Å². The van der Waals surface area contributed by atoms with Crippen molar-refractivity contribution in [2.45, 2.75) is 38.6 Å². The number of rotatable bonds is 3. The lowest BCUT2D eigenvalue weighted by atomic mass is 10.1. The van der Waals surface area contributed by atoms with Crippen molar-refractivity contribution >= 4 is 17.3 Å². The lowest BCUT2D eigenvalue weighted by molar-refractivity contribution is 0.328. The van der Waals surface area contributed by atoms with Crippen LogP contribution in [0.4, 0.5) is 0 Å². The standard InChI is InChI=1S/C12H25N3S/c1-11-7-5-4-6-9-15(11)12(16)13-8-10-14(2)3/h11H,4-10H2,1-3H3,(H,13,16). The first-order valence-corrected chi connectivity index (χ1v) is 6.71. The van der Waals surface area contributed by atoms with Crippen molar-refractivity contribution in [3.8, 4) is 0 Å². The molecule has 16 heavy (non-hydrogen) atoms. The molecule has 0 spiro atoms. The molecule has 1 rings (SSSR count). The molecule has 0 bridgehead atoms. The van der Waals surface area contributed by atoms with Gasteiger partial charge in [0.05, 0.1) is 0 Å². The molecule has 0 amide bonds. The molecule has 1 fully saturated rings. The van der Waals surface area contributed by atoms with Gasteiger partial charge in [0.2, 0.25) is 0 Å². The molecule has 0 saturated carbocycles. The van der Waals surface area contributed by atoms with Crippen LogP contribution in [-0.2, 0) is 0 Å². The smallest absolute Gasteiger partial charge is 0.169 e. The number of hydrogen-bond donors (Lipinski definition) is 1. The van der Waals surface area contributed by atoms with E-state index in [4.69, 9.17) is 12.2 Å². The number of likely N-dealkylation sites (tertiary alicyclic amines) is 1. The number of likely N-dealkylation sites (N-methyl/N-ethyl adjacent to an activating group) is 1. The van der Waals surface area contributed by atoms with Gasteiger partial charge in [0.1, 0.15) is 0 Å². The van der Waals surface area contributed by atoms with E-state index in [0.717, 1.165) is 24.7 Å². The third kappa shape index (κ3) is 4.66. The molecule has 1 heterocycles. The average Bonchev–Trinajstić information content (AvgIpc) is 2.42. The molecule has 0 aliphatic carbocycles. The van der Waals surface area contributed by atoms with E-state index in [2.05, 4.69) is 36.1 Å². The summed E-state index contributed by atoms with van der Waals surface area (Å²) in [5, 5.41) is 4.30. The Morgan fingerprint density at radius 3 is 2.81 bits per heavy atom. The van der Waals surface area contributed by atoms with Crippen molar-refractivity contribution in [3.63, 3.8) is 0 Å². The summed E-state index contributed by atoms with van der Waals surface area (Å²) in [6, 6.07) is 0.599. The summed E-state index contributed by atoms with van der Waals surface area (Å²) in [4.78, 5) is 4.53. The Morgan fingerprint density at radius 2 is 2.12 bits per heavy atom. The first kappa shape index (κ1) is 13.7. The third-order valence-electron chi connectivity index (χ3n) is 3.15. The normalized spacial score (nSPS) is 22.0. The van der Waals surface area contributed by atoms with Gasteiger partial charge in [-0.25, -0.2) is 0 Å². The largest absolute Gasteiger partial charge is 0.361 e. The quantitative estimate of drug-likeness (QED) is 0.760. The topological polar surface area (TPSA) is 18.5 Å². The van der Waals surface area contributed by atoms with Crippen LogP contribution in [-0.4, -0.2) is 54.7 Å². The fourth-order valence-corrected chi connectivity index (χ4v) is 2.44. The monoisotopic (exact) mass is 243 g/mol. The second-order valence-corrected chi connectivity index (χ2v) is 5.31. The van der Waals surface area contributed by atoms with Gasteiger partial charge < -0.3 is 15.1 Å². The minimum atomic E-state index is 0.599. The molecule has 1 unspecified atom stereocenters. The van der Waals surface area contributed by atoms with Crippen molar-refractivity contribution in [3.05, 3.63) is 0 Å². The minimum absolute atomic E-state index is 0.599. The van der Waals surface area contributed by atoms with E-state index in [1.165, 1.54) is 25.7 Å². The van der Waals surface area contributed by atoms with Gasteiger partial charge in [0.25, 0.3) is 0 Å². The highest BCUT2D eigenvalue weighted by Crippen LogP contribution is 2.16. The molecule has 0 aromatic rings. The van der Waals surface area contributed by atoms with Gasteiger partial charge in [0, 0.05) is 25.7 Å². The predicted molar refractivity (Wildman–Crippen MR) is 73.8 cm³/mol. The zero-order valence-electron chi connectivity index (χ0n) is 10.8. The zero-order valence-corrected chi connectivity index (χ0v) is 11.6. The van der Waals surface area contributed by atoms with Gasteiger partial charge in [-0.2, -0.15) is 0 Å². The van der Waals surface area contributed by atoms with Crippen LogP contribution in [0.1, 0.15) is 32.6 Å². The molecule has 0 radical (unpaired) electrons. The molecule has 4 heteroatoms. The van der Waals surface area contributed by atoms with Crippen molar-refractivity contribution in [2.75, 3.05) is 33.7 Å². The maximum absolute atomic E-state index is 5.46. The van der Waals surface area contributed by atoms with Crippen molar-refractivity contribution in [2.24, 2.45) is 0 Å². The van der Waals surface area contributed by atoms with Crippen molar-refractivity contribution < 1.29 is 0 Å². The number of nitrogens with zero attached hydrogens (tertiary/aromatic N) is 2. The first-order valence-electron chi connectivity index (χ1n) is 6.30. The number of nitrogens with one attached hydrogen (secondary N) is 1. The fraction of sp³-hybridized carbons (Fsp3) is 0.917. The van der Waals surface area contributed by atoms with Gasteiger partial charge in [-0.1, -0.05) is 12.8 Å². The molecule has 1 aliphatic heterocycles. The van der Waals surface area contributed by atoms with Crippen LogP contribution in [0.5, 0.6) is 0 Å². The SMILES string of the molecule is CC1CCCCCN1C(=S)NCCN(C)C. The molecule has 94 valence electrons. The maximum atomic E-state index is 5.46. The molecular weight excluding hydrogens is 218 g/mol. The summed E-state index contributed by atoms with van der Waals surface area (Å²) in [5.41, 5.74) is 0. The van der Waals surface area contributed by atoms with Gasteiger partial charge in [-0.05, 0) is 46.1 Å². The summed E-state index contributed by atoms with van der Waals surface area (Å²) in [5.74, 6) is 0. The average molecular weight is 243 g/mol. The van der Waals surface area contributed by atoms with Crippen LogP contribution < -0.4 is 5.32 Å². The number of hydrogen-bond acceptors (Lipinski definition) is 2. The lowest BCUT2D eigenvalue weighted by Gasteiger charge is -2.30. The summed E-state index contributed by atoms with van der Waals surface area (Å²) < 4.78 is 0. The Labute approximate surface area is 105 Å². The van der Waals surface area contributed by atoms with Crippen LogP contribution in [0, 0.1) is 0 Å². The Bertz CT molecular complexity index is 218. The van der Waals surface area contributed by atoms with Crippen LogP contribution in [0.3, 0.4) is 0 Å². The Balaban J connectivity index is 2.33. The van der Waals surface area contributed by atoms with Crippen LogP contribution in [0.15, 0.2) is 0 Å². The van der Waals surface area contributed by atoms with Crippen molar-refractivity contribution in [1.82, 2.24) is 15.1 Å². The van der Waals surface area contributed by atoms with E-state index in [0.29, 0.717) is 6.04 Å². The highest BCUT2D eigenvalue weighted by atomic mass is 32.1. The number of thiocarbonyl (C=S) groups is 1. The fourth-order valence-electron chi connectivity index (χ4n) is 2.06. The Hall–Kier alpha value is -0.350. The Kier molecular flexibility index (Phi) is 6.06. The summed E-state index contributed by atoms with van der Waals surface area (Å²) >= 11 is 5.46. The first-order chi connectivity index (χ1) is 7.61. The summed E-state index contributed by atoms with van der Waals surface area (Å²) in [6.45, 7) is 5.37. The molecule has 1 N–H and O–H groups in total. The second-order valence-electron chi connectivity index (χ2n) is 4.93. The predicted octanol–water partition coefficient (Wildman–Crippen LogP) is 1.69. The second kappa shape index (κ2) is 7.07. The third-order valence-corrected chi connectivity index (χ3v) is 3.53.